The van der Waals surface area contributed by atoms with Gasteiger partial charge in [0.1, 0.15) is 18.3 Å². The lowest BCUT2D eigenvalue weighted by molar-refractivity contribution is -0.141. The first-order chi connectivity index (χ1) is 10.8. The van der Waals surface area contributed by atoms with Gasteiger partial charge in [-0.3, -0.25) is 14.5 Å². The summed E-state index contributed by atoms with van der Waals surface area (Å²) in [5.41, 5.74) is -0.959. The molecule has 0 aliphatic carbocycles. The molecule has 0 saturated carbocycles. The smallest absolute Gasteiger partial charge is 0.347 e. The number of carbonyl (C=O) groups excluding carboxylic acids is 1. The van der Waals surface area contributed by atoms with Crippen LogP contribution in [0.15, 0.2) is 31.0 Å². The standard InChI is InChI=1S/C14H16F3N5O/c1-9(2)11(6-22-8-18-7-20-22)21-13(23)10-3-4-12(19-5-10)14(15,16)17/h3-5,7-9,11H,6H2,1-2H3,(H,21,23). The third-order valence-electron chi connectivity index (χ3n) is 3.29. The summed E-state index contributed by atoms with van der Waals surface area (Å²) in [5.74, 6) is -0.379. The maximum absolute atomic E-state index is 12.5. The molecule has 9 heteroatoms. The molecule has 0 fully saturated rings. The van der Waals surface area contributed by atoms with E-state index in [0.717, 1.165) is 18.3 Å². The van der Waals surface area contributed by atoms with Crippen molar-refractivity contribution in [2.24, 2.45) is 5.92 Å². The molecule has 0 saturated heterocycles. The van der Waals surface area contributed by atoms with E-state index in [2.05, 4.69) is 20.4 Å². The van der Waals surface area contributed by atoms with Crippen molar-refractivity contribution in [1.29, 1.82) is 0 Å². The number of alkyl halides is 3. The zero-order chi connectivity index (χ0) is 17.0. The highest BCUT2D eigenvalue weighted by molar-refractivity contribution is 5.94. The van der Waals surface area contributed by atoms with E-state index < -0.39 is 17.8 Å². The van der Waals surface area contributed by atoms with Crippen LogP contribution in [0, 0.1) is 5.92 Å². The molecule has 1 N–H and O–H groups in total. The zero-order valence-corrected chi connectivity index (χ0v) is 12.6. The van der Waals surface area contributed by atoms with E-state index in [1.807, 2.05) is 13.8 Å². The van der Waals surface area contributed by atoms with Crippen molar-refractivity contribution < 1.29 is 18.0 Å². The molecule has 2 rings (SSSR count). The molecule has 0 aliphatic heterocycles. The van der Waals surface area contributed by atoms with Gasteiger partial charge in [0, 0.05) is 6.20 Å². The number of nitrogens with one attached hydrogen (secondary N) is 1. The summed E-state index contributed by atoms with van der Waals surface area (Å²) in [6.07, 6.45) is -0.687. The Morgan fingerprint density at radius 1 is 1.35 bits per heavy atom. The van der Waals surface area contributed by atoms with Gasteiger partial charge in [0.2, 0.25) is 0 Å². The summed E-state index contributed by atoms with van der Waals surface area (Å²) in [6.45, 7) is 4.26. The van der Waals surface area contributed by atoms with E-state index in [1.54, 1.807) is 4.68 Å². The Morgan fingerprint density at radius 2 is 2.09 bits per heavy atom. The van der Waals surface area contributed by atoms with Gasteiger partial charge in [0.05, 0.1) is 18.2 Å². The Balaban J connectivity index is 2.06. The predicted octanol–water partition coefficient (Wildman–Crippen LogP) is 2.15. The number of amides is 1. The summed E-state index contributed by atoms with van der Waals surface area (Å²) in [5, 5.41) is 6.75. The Kier molecular flexibility index (Phi) is 4.97. The first kappa shape index (κ1) is 16.9. The minimum Gasteiger partial charge on any atom is -0.347 e. The third kappa shape index (κ3) is 4.51. The van der Waals surface area contributed by atoms with Crippen LogP contribution in [0.4, 0.5) is 13.2 Å². The average Bonchev–Trinajstić information content (AvgIpc) is 2.98. The van der Waals surface area contributed by atoms with Crippen LogP contribution < -0.4 is 5.32 Å². The summed E-state index contributed by atoms with van der Waals surface area (Å²) in [6, 6.07) is 1.65. The molecule has 1 atom stereocenters. The van der Waals surface area contributed by atoms with Crippen molar-refractivity contribution in [2.75, 3.05) is 0 Å². The number of aromatic nitrogens is 4. The molecule has 0 aromatic carbocycles. The second kappa shape index (κ2) is 6.76. The number of hydrogen-bond acceptors (Lipinski definition) is 4. The lowest BCUT2D eigenvalue weighted by Gasteiger charge is -2.22. The van der Waals surface area contributed by atoms with Crippen molar-refractivity contribution in [3.05, 3.63) is 42.2 Å². The summed E-state index contributed by atoms with van der Waals surface area (Å²) in [4.78, 5) is 19.3. The molecule has 2 aromatic heterocycles. The molecule has 23 heavy (non-hydrogen) atoms. The van der Waals surface area contributed by atoms with Gasteiger partial charge in [0.15, 0.2) is 0 Å². The van der Waals surface area contributed by atoms with Crippen LogP contribution in [0.1, 0.15) is 29.9 Å². The van der Waals surface area contributed by atoms with Crippen molar-refractivity contribution in [3.8, 4) is 0 Å². The highest BCUT2D eigenvalue weighted by atomic mass is 19.4. The van der Waals surface area contributed by atoms with Crippen molar-refractivity contribution >= 4 is 5.91 Å². The molecule has 6 nitrogen and oxygen atoms in total. The van der Waals surface area contributed by atoms with Gasteiger partial charge in [-0.25, -0.2) is 4.98 Å². The molecule has 124 valence electrons. The minimum atomic E-state index is -4.53. The Hall–Kier alpha value is -2.45. The fourth-order valence-electron chi connectivity index (χ4n) is 1.90. The topological polar surface area (TPSA) is 72.7 Å². The maximum Gasteiger partial charge on any atom is 0.433 e. The van der Waals surface area contributed by atoms with Gasteiger partial charge in [-0.1, -0.05) is 13.8 Å². The SMILES string of the molecule is CC(C)C(Cn1cncn1)NC(=O)c1ccc(C(F)(F)F)nc1. The molecule has 0 radical (unpaired) electrons. The Morgan fingerprint density at radius 3 is 2.57 bits per heavy atom. The monoisotopic (exact) mass is 327 g/mol. The van der Waals surface area contributed by atoms with Gasteiger partial charge in [0.25, 0.3) is 5.91 Å². The van der Waals surface area contributed by atoms with Crippen LogP contribution in [0.3, 0.4) is 0 Å². The van der Waals surface area contributed by atoms with Crippen LogP contribution in [-0.2, 0) is 12.7 Å². The fraction of sp³-hybridized carbons (Fsp3) is 0.429. The highest BCUT2D eigenvalue weighted by Gasteiger charge is 2.32. The molecule has 0 aliphatic rings. The first-order valence-electron chi connectivity index (χ1n) is 6.94. The minimum absolute atomic E-state index is 0.0715. The Labute approximate surface area is 130 Å². The molecule has 2 heterocycles. The second-order valence-electron chi connectivity index (χ2n) is 5.37. The lowest BCUT2D eigenvalue weighted by atomic mass is 10.0. The van der Waals surface area contributed by atoms with Gasteiger partial charge in [-0.2, -0.15) is 18.3 Å². The average molecular weight is 327 g/mol. The summed E-state index contributed by atoms with van der Waals surface area (Å²) < 4.78 is 39.0. The zero-order valence-electron chi connectivity index (χ0n) is 12.6. The largest absolute Gasteiger partial charge is 0.433 e. The van der Waals surface area contributed by atoms with Gasteiger partial charge < -0.3 is 5.32 Å². The van der Waals surface area contributed by atoms with Crippen LogP contribution in [0.25, 0.3) is 0 Å². The van der Waals surface area contributed by atoms with Crippen LogP contribution in [0.5, 0.6) is 0 Å². The quantitative estimate of drug-likeness (QED) is 0.913. The van der Waals surface area contributed by atoms with Crippen LogP contribution in [-0.4, -0.2) is 31.7 Å². The number of halogens is 3. The van der Waals surface area contributed by atoms with E-state index in [-0.39, 0.29) is 17.5 Å². The Bertz CT molecular complexity index is 637. The van der Waals surface area contributed by atoms with Gasteiger partial charge in [-0.05, 0) is 18.1 Å². The third-order valence-corrected chi connectivity index (χ3v) is 3.29. The maximum atomic E-state index is 12.5. The van der Waals surface area contributed by atoms with E-state index in [0.29, 0.717) is 6.54 Å². The van der Waals surface area contributed by atoms with E-state index >= 15 is 0 Å². The predicted molar refractivity (Wildman–Crippen MR) is 75.4 cm³/mol. The van der Waals surface area contributed by atoms with E-state index in [1.165, 1.54) is 12.7 Å². The molecule has 0 bridgehead atoms. The van der Waals surface area contributed by atoms with Crippen molar-refractivity contribution in [1.82, 2.24) is 25.1 Å². The van der Waals surface area contributed by atoms with Gasteiger partial charge >= 0.3 is 6.18 Å². The van der Waals surface area contributed by atoms with Crippen molar-refractivity contribution in [2.45, 2.75) is 32.6 Å². The molecule has 1 unspecified atom stereocenters. The van der Waals surface area contributed by atoms with E-state index in [9.17, 15) is 18.0 Å². The van der Waals surface area contributed by atoms with E-state index in [4.69, 9.17) is 0 Å². The number of hydrogen-bond donors (Lipinski definition) is 1. The summed E-state index contributed by atoms with van der Waals surface area (Å²) in [7, 11) is 0. The van der Waals surface area contributed by atoms with Crippen LogP contribution in [0.2, 0.25) is 0 Å². The van der Waals surface area contributed by atoms with Crippen molar-refractivity contribution in [3.63, 3.8) is 0 Å². The molecular formula is C14H16F3N5O. The molecule has 1 amide bonds. The van der Waals surface area contributed by atoms with Gasteiger partial charge in [-0.15, -0.1) is 0 Å². The fourth-order valence-corrected chi connectivity index (χ4v) is 1.90. The molecule has 2 aromatic rings. The highest BCUT2D eigenvalue weighted by Crippen LogP contribution is 2.27. The number of nitrogens with zero attached hydrogens (tertiary/aromatic N) is 4. The molecular weight excluding hydrogens is 311 g/mol. The normalized spacial score (nSPS) is 13.1. The second-order valence-corrected chi connectivity index (χ2v) is 5.37. The number of pyridine rings is 1. The molecule has 0 spiro atoms. The lowest BCUT2D eigenvalue weighted by Crippen LogP contribution is -2.41. The summed E-state index contributed by atoms with van der Waals surface area (Å²) >= 11 is 0. The first-order valence-corrected chi connectivity index (χ1v) is 6.94. The van der Waals surface area contributed by atoms with Crippen LogP contribution >= 0.6 is 0 Å². The number of carbonyl (C=O) groups is 1. The number of rotatable bonds is 5.